The van der Waals surface area contributed by atoms with Gasteiger partial charge in [0, 0.05) is 11.6 Å². The van der Waals surface area contributed by atoms with Crippen LogP contribution in [0.4, 0.5) is 11.4 Å². The molecule has 2 aromatic rings. The van der Waals surface area contributed by atoms with Gasteiger partial charge < -0.3 is 15.4 Å². The highest BCUT2D eigenvalue weighted by Gasteiger charge is 2.22. The maximum atomic E-state index is 12.6. The molecule has 0 aliphatic carbocycles. The number of hydrogen-bond donors (Lipinski definition) is 2. The third-order valence-electron chi connectivity index (χ3n) is 4.79. The Hall–Kier alpha value is -2.93. The fourth-order valence-corrected chi connectivity index (χ4v) is 3.20. The maximum absolute atomic E-state index is 12.6. The molecule has 0 aromatic heterocycles. The van der Waals surface area contributed by atoms with Crippen LogP contribution in [0.5, 0.6) is 5.75 Å². The molecule has 1 amide bonds. The van der Waals surface area contributed by atoms with Crippen LogP contribution in [-0.4, -0.2) is 24.0 Å². The molecule has 0 unspecified atom stereocenters. The number of nitrogens with zero attached hydrogens (tertiary/aromatic N) is 1. The minimum absolute atomic E-state index is 0.0889. The molecule has 2 aromatic carbocycles. The number of nitro groups is 1. The molecular formula is C22H30N3O4+. The van der Waals surface area contributed by atoms with Crippen LogP contribution < -0.4 is 15.4 Å². The lowest BCUT2D eigenvalue weighted by Gasteiger charge is -2.18. The molecule has 0 aliphatic heterocycles. The summed E-state index contributed by atoms with van der Waals surface area (Å²) in [4.78, 5) is 23.0. The average Bonchev–Trinajstić information content (AvgIpc) is 2.67. The molecule has 0 bridgehead atoms. The highest BCUT2D eigenvalue weighted by molar-refractivity contribution is 5.95. The molecule has 29 heavy (non-hydrogen) atoms. The first-order valence-electron chi connectivity index (χ1n) is 9.78. The first-order valence-corrected chi connectivity index (χ1v) is 9.78. The zero-order valence-corrected chi connectivity index (χ0v) is 17.6. The third kappa shape index (κ3) is 6.29. The second-order valence-electron chi connectivity index (χ2n) is 7.74. The van der Waals surface area contributed by atoms with Gasteiger partial charge in [-0.05, 0) is 37.8 Å². The second-order valence-corrected chi connectivity index (χ2v) is 7.74. The minimum atomic E-state index is -0.501. The van der Waals surface area contributed by atoms with Crippen LogP contribution in [0.3, 0.4) is 0 Å². The molecule has 7 heteroatoms. The predicted octanol–water partition coefficient (Wildman–Crippen LogP) is 3.45. The topological polar surface area (TPSA) is 98.1 Å². The van der Waals surface area contributed by atoms with E-state index in [2.05, 4.69) is 50.4 Å². The van der Waals surface area contributed by atoms with Crippen LogP contribution in [0.1, 0.15) is 44.9 Å². The van der Waals surface area contributed by atoms with E-state index < -0.39 is 4.92 Å². The van der Waals surface area contributed by atoms with Crippen molar-refractivity contribution in [1.82, 2.24) is 0 Å². The Balaban J connectivity index is 2.00. The van der Waals surface area contributed by atoms with Crippen molar-refractivity contribution in [2.24, 2.45) is 5.92 Å². The molecule has 0 heterocycles. The van der Waals surface area contributed by atoms with Crippen LogP contribution in [0.25, 0.3) is 0 Å². The van der Waals surface area contributed by atoms with Crippen LogP contribution in [0, 0.1) is 16.0 Å². The van der Waals surface area contributed by atoms with Gasteiger partial charge in [-0.15, -0.1) is 0 Å². The summed E-state index contributed by atoms with van der Waals surface area (Å²) in [7, 11) is 1.41. The van der Waals surface area contributed by atoms with Gasteiger partial charge >= 0.3 is 0 Å². The largest absolute Gasteiger partial charge is 0.494 e. The van der Waals surface area contributed by atoms with Gasteiger partial charge in [0.15, 0.2) is 6.04 Å². The molecule has 2 rings (SSSR count). The molecule has 0 aliphatic rings. The first kappa shape index (κ1) is 22.4. The SMILES string of the molecule is COc1cc([N+](=O)[O-])ccc1NC(=O)[C@@H](C)[NH2+][C@@H](C)c1ccc(CC(C)C)cc1. The normalized spacial score (nSPS) is 13.0. The number of anilines is 1. The highest BCUT2D eigenvalue weighted by Crippen LogP contribution is 2.29. The minimum Gasteiger partial charge on any atom is -0.494 e. The van der Waals surface area contributed by atoms with Crippen molar-refractivity contribution >= 4 is 17.3 Å². The molecule has 0 spiro atoms. The Labute approximate surface area is 171 Å². The highest BCUT2D eigenvalue weighted by atomic mass is 16.6. The fourth-order valence-electron chi connectivity index (χ4n) is 3.20. The molecule has 156 valence electrons. The van der Waals surface area contributed by atoms with E-state index in [1.807, 2.05) is 12.2 Å². The van der Waals surface area contributed by atoms with Crippen molar-refractivity contribution in [3.63, 3.8) is 0 Å². The maximum Gasteiger partial charge on any atom is 0.282 e. The number of nitrogens with one attached hydrogen (secondary N) is 1. The number of carbonyl (C=O) groups is 1. The summed E-state index contributed by atoms with van der Waals surface area (Å²) >= 11 is 0. The number of nitro benzene ring substituents is 1. The van der Waals surface area contributed by atoms with Gasteiger partial charge in [-0.25, -0.2) is 0 Å². The molecule has 0 saturated carbocycles. The Morgan fingerprint density at radius 2 is 1.79 bits per heavy atom. The molecular weight excluding hydrogens is 370 g/mol. The number of nitrogens with two attached hydrogens (primary N) is 1. The van der Waals surface area contributed by atoms with Crippen molar-refractivity contribution in [3.8, 4) is 5.75 Å². The van der Waals surface area contributed by atoms with Crippen molar-refractivity contribution in [1.29, 1.82) is 0 Å². The summed E-state index contributed by atoms with van der Waals surface area (Å²) in [6, 6.07) is 12.4. The number of ether oxygens (including phenoxy) is 1. The van der Waals surface area contributed by atoms with Gasteiger partial charge in [0.25, 0.3) is 11.6 Å². The number of quaternary nitrogens is 1. The smallest absolute Gasteiger partial charge is 0.282 e. The molecule has 0 fully saturated rings. The quantitative estimate of drug-likeness (QED) is 0.497. The summed E-state index contributed by atoms with van der Waals surface area (Å²) in [5.74, 6) is 0.680. The lowest BCUT2D eigenvalue weighted by atomic mass is 9.99. The van der Waals surface area contributed by atoms with Crippen molar-refractivity contribution in [2.75, 3.05) is 12.4 Å². The number of rotatable bonds is 9. The zero-order chi connectivity index (χ0) is 21.6. The van der Waals surface area contributed by atoms with Gasteiger partial charge in [-0.2, -0.15) is 0 Å². The van der Waals surface area contributed by atoms with Gasteiger partial charge in [-0.3, -0.25) is 14.9 Å². The van der Waals surface area contributed by atoms with Crippen LogP contribution >= 0.6 is 0 Å². The Bertz CT molecular complexity index is 850. The summed E-state index contributed by atoms with van der Waals surface area (Å²) in [6.45, 7) is 8.29. The summed E-state index contributed by atoms with van der Waals surface area (Å²) < 4.78 is 5.18. The zero-order valence-electron chi connectivity index (χ0n) is 17.6. The molecule has 7 nitrogen and oxygen atoms in total. The molecule has 2 atom stereocenters. The van der Waals surface area contributed by atoms with Crippen LogP contribution in [0.15, 0.2) is 42.5 Å². The van der Waals surface area contributed by atoms with E-state index in [9.17, 15) is 14.9 Å². The molecule has 0 radical (unpaired) electrons. The van der Waals surface area contributed by atoms with E-state index in [1.54, 1.807) is 0 Å². The standard InChI is InChI=1S/C22H29N3O4/c1-14(2)12-17-6-8-18(9-7-17)15(3)23-16(4)22(26)24-20-11-10-19(25(27)28)13-21(20)29-5/h6-11,13-16,23H,12H2,1-5H3,(H,24,26)/p+1/t15-,16+/m0/s1. The summed E-state index contributed by atoms with van der Waals surface area (Å²) in [5, 5.41) is 15.7. The number of non-ortho nitro benzene ring substituents is 1. The van der Waals surface area contributed by atoms with Crippen molar-refractivity contribution < 1.29 is 19.8 Å². The summed E-state index contributed by atoms with van der Waals surface area (Å²) in [5.41, 5.74) is 2.79. The summed E-state index contributed by atoms with van der Waals surface area (Å²) in [6.07, 6.45) is 1.05. The average molecular weight is 400 g/mol. The van der Waals surface area contributed by atoms with Crippen LogP contribution in [0.2, 0.25) is 0 Å². The number of amides is 1. The lowest BCUT2D eigenvalue weighted by molar-refractivity contribution is -0.709. The second kappa shape index (κ2) is 10.0. The Kier molecular flexibility index (Phi) is 7.73. The van der Waals surface area contributed by atoms with Gasteiger partial charge in [0.2, 0.25) is 0 Å². The van der Waals surface area contributed by atoms with E-state index in [0.717, 1.165) is 12.0 Å². The van der Waals surface area contributed by atoms with E-state index in [4.69, 9.17) is 4.74 Å². The fraction of sp³-hybridized carbons (Fsp3) is 0.409. The van der Waals surface area contributed by atoms with E-state index in [0.29, 0.717) is 11.6 Å². The predicted molar refractivity (Wildman–Crippen MR) is 113 cm³/mol. The monoisotopic (exact) mass is 400 g/mol. The van der Waals surface area contributed by atoms with E-state index >= 15 is 0 Å². The lowest BCUT2D eigenvalue weighted by Crippen LogP contribution is -2.91. The third-order valence-corrected chi connectivity index (χ3v) is 4.79. The van der Waals surface area contributed by atoms with Crippen LogP contribution in [-0.2, 0) is 11.2 Å². The van der Waals surface area contributed by atoms with Gasteiger partial charge in [-0.1, -0.05) is 38.1 Å². The first-order chi connectivity index (χ1) is 13.7. The number of benzene rings is 2. The van der Waals surface area contributed by atoms with E-state index in [-0.39, 0.29) is 29.4 Å². The Morgan fingerprint density at radius 1 is 1.14 bits per heavy atom. The molecule has 3 N–H and O–H groups in total. The Morgan fingerprint density at radius 3 is 2.34 bits per heavy atom. The molecule has 0 saturated heterocycles. The van der Waals surface area contributed by atoms with Gasteiger partial charge in [0.05, 0.1) is 23.8 Å². The number of carbonyl (C=O) groups excluding carboxylic acids is 1. The number of hydrogen-bond acceptors (Lipinski definition) is 4. The van der Waals surface area contributed by atoms with Crippen molar-refractivity contribution in [3.05, 3.63) is 63.7 Å². The van der Waals surface area contributed by atoms with E-state index in [1.165, 1.54) is 30.9 Å². The number of methoxy groups -OCH3 is 1. The van der Waals surface area contributed by atoms with Crippen molar-refractivity contribution in [2.45, 2.75) is 46.2 Å². The van der Waals surface area contributed by atoms with Gasteiger partial charge in [0.1, 0.15) is 11.8 Å².